The van der Waals surface area contributed by atoms with Crippen LogP contribution in [0, 0.1) is 0 Å². The number of carboxylic acids is 1. The first-order chi connectivity index (χ1) is 14.0. The fourth-order valence-electron chi connectivity index (χ4n) is 4.11. The molecule has 1 fully saturated rings. The monoisotopic (exact) mass is 420 g/mol. The molecular formula is C21H32N4O5. The van der Waals surface area contributed by atoms with Crippen molar-refractivity contribution < 1.29 is 24.6 Å². The van der Waals surface area contributed by atoms with Gasteiger partial charge in [0.05, 0.1) is 12.1 Å². The zero-order valence-corrected chi connectivity index (χ0v) is 17.6. The van der Waals surface area contributed by atoms with Gasteiger partial charge in [-0.1, -0.05) is 0 Å². The van der Waals surface area contributed by atoms with E-state index < -0.39 is 23.2 Å². The van der Waals surface area contributed by atoms with E-state index >= 15 is 0 Å². The SMILES string of the molecule is CC1(N=C(N)c2ccc3c(c2)CC[C@H]([C@](C)(ON)C(=O)O)O3)CCC(N)(CO)CC1. The van der Waals surface area contributed by atoms with Gasteiger partial charge in [0, 0.05) is 11.1 Å². The maximum atomic E-state index is 11.5. The molecule has 1 aromatic carbocycles. The Hall–Kier alpha value is -2.20. The molecule has 30 heavy (non-hydrogen) atoms. The standard InChI is InChI=1S/C21H32N4O5/c1-19(7-9-21(23,12-26)10-8-19)25-17(22)14-3-5-15-13(11-14)4-6-16(29-15)20(2,30-24)18(27)28/h3,5,11,16,26H,4,6-10,12,23-24H2,1-2H3,(H2,22,25)(H,27,28)/t16-,19?,20+,21?/m1/s1. The molecule has 0 radical (unpaired) electrons. The molecular weight excluding hydrogens is 388 g/mol. The summed E-state index contributed by atoms with van der Waals surface area (Å²) in [4.78, 5) is 21.1. The van der Waals surface area contributed by atoms with Gasteiger partial charge < -0.3 is 26.4 Å². The lowest BCUT2D eigenvalue weighted by molar-refractivity contribution is -0.179. The number of aliphatic hydroxyl groups is 1. The van der Waals surface area contributed by atoms with Crippen LogP contribution in [-0.4, -0.2) is 51.4 Å². The van der Waals surface area contributed by atoms with E-state index in [1.807, 2.05) is 12.1 Å². The summed E-state index contributed by atoms with van der Waals surface area (Å²) in [6.07, 6.45) is 3.26. The summed E-state index contributed by atoms with van der Waals surface area (Å²) in [6.45, 7) is 3.44. The van der Waals surface area contributed by atoms with Gasteiger partial charge in [-0.3, -0.25) is 9.83 Å². The minimum Gasteiger partial charge on any atom is -0.486 e. The van der Waals surface area contributed by atoms with Crippen molar-refractivity contribution in [2.24, 2.45) is 22.4 Å². The number of carbonyl (C=O) groups is 1. The maximum absolute atomic E-state index is 11.5. The summed E-state index contributed by atoms with van der Waals surface area (Å²) in [5.41, 5.74) is 11.7. The van der Waals surface area contributed by atoms with Gasteiger partial charge in [-0.2, -0.15) is 0 Å². The first kappa shape index (κ1) is 22.5. The fourth-order valence-corrected chi connectivity index (χ4v) is 4.11. The lowest BCUT2D eigenvalue weighted by Gasteiger charge is -2.40. The van der Waals surface area contributed by atoms with E-state index in [9.17, 15) is 15.0 Å². The Balaban J connectivity index is 1.76. The first-order valence-electron chi connectivity index (χ1n) is 10.2. The molecule has 0 bridgehead atoms. The van der Waals surface area contributed by atoms with Crippen LogP contribution in [0.4, 0.5) is 0 Å². The van der Waals surface area contributed by atoms with E-state index in [1.165, 1.54) is 6.92 Å². The Kier molecular flexibility index (Phi) is 6.10. The lowest BCUT2D eigenvalue weighted by atomic mass is 9.74. The van der Waals surface area contributed by atoms with Crippen molar-refractivity contribution in [3.63, 3.8) is 0 Å². The third-order valence-electron chi connectivity index (χ3n) is 6.61. The number of hydrogen-bond acceptors (Lipinski definition) is 7. The lowest BCUT2D eigenvalue weighted by Crippen LogP contribution is -2.54. The van der Waals surface area contributed by atoms with Crippen molar-refractivity contribution in [2.45, 2.75) is 75.2 Å². The fraction of sp³-hybridized carbons (Fsp3) is 0.619. The number of nitrogens with zero attached hydrogens (tertiary/aromatic N) is 1. The predicted octanol–water partition coefficient (Wildman–Crippen LogP) is 0.842. The average Bonchev–Trinajstić information content (AvgIpc) is 2.74. The highest BCUT2D eigenvalue weighted by atomic mass is 16.7. The van der Waals surface area contributed by atoms with E-state index in [-0.39, 0.29) is 12.1 Å². The molecule has 1 aliphatic carbocycles. The van der Waals surface area contributed by atoms with Gasteiger partial charge >= 0.3 is 5.97 Å². The molecule has 8 N–H and O–H groups in total. The molecule has 1 heterocycles. The molecule has 9 heteroatoms. The van der Waals surface area contributed by atoms with Gasteiger partial charge in [0.25, 0.3) is 0 Å². The van der Waals surface area contributed by atoms with Crippen molar-refractivity contribution >= 4 is 11.8 Å². The number of nitrogens with two attached hydrogens (primary N) is 3. The Morgan fingerprint density at radius 2 is 2.03 bits per heavy atom. The number of fused-ring (bicyclic) bond motifs is 1. The molecule has 0 aromatic heterocycles. The number of amidine groups is 1. The van der Waals surface area contributed by atoms with E-state index in [1.54, 1.807) is 6.07 Å². The molecule has 1 aromatic rings. The number of benzene rings is 1. The molecule has 0 unspecified atom stereocenters. The van der Waals surface area contributed by atoms with E-state index in [4.69, 9.17) is 31.9 Å². The summed E-state index contributed by atoms with van der Waals surface area (Å²) in [5, 5.41) is 18.9. The number of rotatable bonds is 6. The molecule has 1 saturated carbocycles. The third-order valence-corrected chi connectivity index (χ3v) is 6.61. The van der Waals surface area contributed by atoms with Crippen LogP contribution in [0.15, 0.2) is 23.2 Å². The summed E-state index contributed by atoms with van der Waals surface area (Å²) in [5.74, 6) is 5.09. The first-order valence-corrected chi connectivity index (χ1v) is 10.2. The number of aliphatic carboxylic acids is 1. The number of aliphatic hydroxyl groups excluding tert-OH is 1. The van der Waals surface area contributed by atoms with E-state index in [0.29, 0.717) is 37.3 Å². The van der Waals surface area contributed by atoms with E-state index in [0.717, 1.165) is 24.0 Å². The average molecular weight is 421 g/mol. The Bertz CT molecular complexity index is 835. The van der Waals surface area contributed by atoms with Crippen LogP contribution in [0.25, 0.3) is 0 Å². The van der Waals surface area contributed by atoms with Crippen LogP contribution in [0.5, 0.6) is 5.75 Å². The van der Waals surface area contributed by atoms with Gasteiger partial charge in [0.1, 0.15) is 17.7 Å². The molecule has 2 aliphatic rings. The number of hydrogen-bond donors (Lipinski definition) is 5. The van der Waals surface area contributed by atoms with Crippen molar-refractivity contribution in [2.75, 3.05) is 6.61 Å². The summed E-state index contributed by atoms with van der Waals surface area (Å²) < 4.78 is 5.88. The number of ether oxygens (including phenoxy) is 1. The van der Waals surface area contributed by atoms with Gasteiger partial charge in [0.15, 0.2) is 0 Å². The highest BCUT2D eigenvalue weighted by Crippen LogP contribution is 2.37. The quantitative estimate of drug-likeness (QED) is 0.256. The van der Waals surface area contributed by atoms with Crippen molar-refractivity contribution in [1.29, 1.82) is 0 Å². The minimum absolute atomic E-state index is 0.0236. The largest absolute Gasteiger partial charge is 0.486 e. The second-order valence-electron chi connectivity index (χ2n) is 9.01. The summed E-state index contributed by atoms with van der Waals surface area (Å²) >= 11 is 0. The Morgan fingerprint density at radius 3 is 2.60 bits per heavy atom. The summed E-state index contributed by atoms with van der Waals surface area (Å²) in [6, 6.07) is 5.52. The molecule has 1 aliphatic heterocycles. The zero-order chi connectivity index (χ0) is 22.2. The third kappa shape index (κ3) is 4.29. The van der Waals surface area contributed by atoms with Crippen LogP contribution in [-0.2, 0) is 16.1 Å². The Labute approximate surface area is 176 Å². The maximum Gasteiger partial charge on any atom is 0.341 e. The molecule has 166 valence electrons. The van der Waals surface area contributed by atoms with Crippen LogP contribution in [0.1, 0.15) is 57.1 Å². The minimum atomic E-state index is -1.63. The van der Waals surface area contributed by atoms with Crippen molar-refractivity contribution in [3.05, 3.63) is 29.3 Å². The van der Waals surface area contributed by atoms with Gasteiger partial charge in [0.2, 0.25) is 5.60 Å². The topological polar surface area (TPSA) is 166 Å². The highest BCUT2D eigenvalue weighted by Gasteiger charge is 2.46. The molecule has 2 atom stereocenters. The van der Waals surface area contributed by atoms with E-state index in [2.05, 4.69) is 6.92 Å². The second kappa shape index (κ2) is 8.14. The number of carboxylic acid groups (broad SMARTS) is 1. The van der Waals surface area contributed by atoms with Crippen molar-refractivity contribution in [3.8, 4) is 5.75 Å². The van der Waals surface area contributed by atoms with Gasteiger partial charge in [-0.05, 0) is 76.1 Å². The van der Waals surface area contributed by atoms with Gasteiger partial charge in [-0.15, -0.1) is 0 Å². The molecule has 3 rings (SSSR count). The highest BCUT2D eigenvalue weighted by molar-refractivity contribution is 5.98. The van der Waals surface area contributed by atoms with Crippen molar-refractivity contribution in [1.82, 2.24) is 0 Å². The molecule has 0 saturated heterocycles. The number of aryl methyl sites for hydroxylation is 1. The second-order valence-corrected chi connectivity index (χ2v) is 9.01. The van der Waals surface area contributed by atoms with Crippen LogP contribution in [0.2, 0.25) is 0 Å². The van der Waals surface area contributed by atoms with Crippen LogP contribution >= 0.6 is 0 Å². The predicted molar refractivity (Wildman–Crippen MR) is 112 cm³/mol. The van der Waals surface area contributed by atoms with Gasteiger partial charge in [-0.25, -0.2) is 10.7 Å². The molecule has 9 nitrogen and oxygen atoms in total. The van der Waals surface area contributed by atoms with Crippen LogP contribution in [0.3, 0.4) is 0 Å². The smallest absolute Gasteiger partial charge is 0.341 e. The molecule has 0 spiro atoms. The zero-order valence-electron chi connectivity index (χ0n) is 17.6. The summed E-state index contributed by atoms with van der Waals surface area (Å²) in [7, 11) is 0. The Morgan fingerprint density at radius 1 is 1.37 bits per heavy atom. The molecule has 0 amide bonds. The normalized spacial score (nSPS) is 31.4. The van der Waals surface area contributed by atoms with Crippen LogP contribution < -0.4 is 22.1 Å². The number of aliphatic imine (C=N–C) groups is 1.